The average Bonchev–Trinajstić information content (AvgIpc) is 2.27. The van der Waals surface area contributed by atoms with E-state index >= 15 is 0 Å². The van der Waals surface area contributed by atoms with Crippen LogP contribution < -0.4 is 5.32 Å². The van der Waals surface area contributed by atoms with Gasteiger partial charge in [0.05, 0.1) is 19.8 Å². The molecule has 0 spiro atoms. The first-order valence-corrected chi connectivity index (χ1v) is 6.67. The molecule has 1 saturated heterocycles. The Hall–Kier alpha value is -0.160. The maximum atomic E-state index is 9.52. The summed E-state index contributed by atoms with van der Waals surface area (Å²) < 4.78 is 5.43. The van der Waals surface area contributed by atoms with E-state index in [2.05, 4.69) is 37.9 Å². The average molecular weight is 244 g/mol. The molecule has 0 aromatic carbocycles. The van der Waals surface area contributed by atoms with Gasteiger partial charge in [0.25, 0.3) is 0 Å². The molecule has 4 heteroatoms. The number of morpholine rings is 1. The van der Waals surface area contributed by atoms with Crippen LogP contribution in [0.15, 0.2) is 0 Å². The molecule has 0 aromatic rings. The largest absolute Gasteiger partial charge is 0.394 e. The molecule has 0 amide bonds. The van der Waals surface area contributed by atoms with Crippen LogP contribution in [0.25, 0.3) is 0 Å². The van der Waals surface area contributed by atoms with Crippen LogP contribution in [-0.4, -0.2) is 60.5 Å². The Bertz CT molecular complexity index is 223. The second-order valence-corrected chi connectivity index (χ2v) is 5.73. The highest BCUT2D eigenvalue weighted by atomic mass is 16.5. The highest BCUT2D eigenvalue weighted by Crippen LogP contribution is 2.14. The van der Waals surface area contributed by atoms with E-state index in [1.54, 1.807) is 0 Å². The summed E-state index contributed by atoms with van der Waals surface area (Å²) in [7, 11) is 0. The van der Waals surface area contributed by atoms with Gasteiger partial charge < -0.3 is 15.2 Å². The van der Waals surface area contributed by atoms with Gasteiger partial charge in [-0.2, -0.15) is 0 Å². The summed E-state index contributed by atoms with van der Waals surface area (Å²) in [6.45, 7) is 12.4. The van der Waals surface area contributed by atoms with Crippen molar-refractivity contribution < 1.29 is 9.84 Å². The van der Waals surface area contributed by atoms with Crippen LogP contribution in [-0.2, 0) is 4.74 Å². The number of nitrogens with one attached hydrogen (secondary N) is 1. The molecule has 102 valence electrons. The zero-order chi connectivity index (χ0) is 12.9. The Balaban J connectivity index is 2.40. The fourth-order valence-corrected chi connectivity index (χ4v) is 2.38. The molecule has 17 heavy (non-hydrogen) atoms. The first-order valence-electron chi connectivity index (χ1n) is 6.67. The van der Waals surface area contributed by atoms with Crippen LogP contribution in [0.4, 0.5) is 0 Å². The third-order valence-electron chi connectivity index (χ3n) is 3.44. The van der Waals surface area contributed by atoms with E-state index in [1.807, 2.05) is 0 Å². The van der Waals surface area contributed by atoms with E-state index < -0.39 is 0 Å². The molecule has 0 saturated carbocycles. The van der Waals surface area contributed by atoms with E-state index in [0.717, 1.165) is 32.7 Å². The molecule has 0 bridgehead atoms. The third kappa shape index (κ3) is 4.92. The zero-order valence-electron chi connectivity index (χ0n) is 11.7. The van der Waals surface area contributed by atoms with Crippen LogP contribution in [0, 0.1) is 0 Å². The van der Waals surface area contributed by atoms with Crippen molar-refractivity contribution in [2.24, 2.45) is 0 Å². The predicted octanol–water partition coefficient (Wildman–Crippen LogP) is 0.846. The number of ether oxygens (including phenoxy) is 1. The zero-order valence-corrected chi connectivity index (χ0v) is 11.7. The minimum absolute atomic E-state index is 0.174. The molecule has 0 radical (unpaired) electrons. The van der Waals surface area contributed by atoms with Crippen molar-refractivity contribution in [3.8, 4) is 0 Å². The molecule has 1 aliphatic heterocycles. The molecule has 1 heterocycles. The van der Waals surface area contributed by atoms with Gasteiger partial charge in [0.1, 0.15) is 0 Å². The summed E-state index contributed by atoms with van der Waals surface area (Å²) in [6.07, 6.45) is 0.964. The van der Waals surface area contributed by atoms with Crippen molar-refractivity contribution in [1.82, 2.24) is 10.2 Å². The van der Waals surface area contributed by atoms with Crippen LogP contribution in [0.1, 0.15) is 34.1 Å². The molecule has 1 aliphatic rings. The van der Waals surface area contributed by atoms with Gasteiger partial charge >= 0.3 is 0 Å². The molecule has 0 aliphatic carbocycles. The lowest BCUT2D eigenvalue weighted by atomic mass is 9.97. The number of hydrogen-bond donors (Lipinski definition) is 2. The maximum Gasteiger partial charge on any atom is 0.0619 e. The molecule has 1 fully saturated rings. The minimum Gasteiger partial charge on any atom is -0.394 e. The van der Waals surface area contributed by atoms with E-state index in [9.17, 15) is 5.11 Å². The van der Waals surface area contributed by atoms with Crippen molar-refractivity contribution in [2.45, 2.75) is 51.7 Å². The lowest BCUT2D eigenvalue weighted by Gasteiger charge is -2.37. The lowest BCUT2D eigenvalue weighted by molar-refractivity contribution is -0.00588. The Labute approximate surface area is 105 Å². The summed E-state index contributed by atoms with van der Waals surface area (Å²) in [4.78, 5) is 2.44. The van der Waals surface area contributed by atoms with Gasteiger partial charge in [-0.1, -0.05) is 13.8 Å². The Kier molecular flexibility index (Phi) is 5.86. The Morgan fingerprint density at radius 1 is 1.53 bits per heavy atom. The minimum atomic E-state index is -0.174. The summed E-state index contributed by atoms with van der Waals surface area (Å²) in [5.41, 5.74) is -0.174. The molecule has 4 nitrogen and oxygen atoms in total. The maximum absolute atomic E-state index is 9.52. The van der Waals surface area contributed by atoms with Crippen molar-refractivity contribution in [3.63, 3.8) is 0 Å². The fraction of sp³-hybridized carbons (Fsp3) is 1.00. The second-order valence-electron chi connectivity index (χ2n) is 5.73. The van der Waals surface area contributed by atoms with E-state index in [-0.39, 0.29) is 12.1 Å². The number of rotatable bonds is 6. The van der Waals surface area contributed by atoms with Gasteiger partial charge in [0.2, 0.25) is 0 Å². The smallest absolute Gasteiger partial charge is 0.0619 e. The van der Waals surface area contributed by atoms with E-state index in [0.29, 0.717) is 12.1 Å². The Morgan fingerprint density at radius 2 is 2.24 bits per heavy atom. The number of aliphatic hydroxyl groups is 1. The van der Waals surface area contributed by atoms with Crippen LogP contribution in [0.5, 0.6) is 0 Å². The highest BCUT2D eigenvalue weighted by Gasteiger charge is 2.26. The summed E-state index contributed by atoms with van der Waals surface area (Å²) >= 11 is 0. The third-order valence-corrected chi connectivity index (χ3v) is 3.44. The number of hydrogen-bond acceptors (Lipinski definition) is 4. The quantitative estimate of drug-likeness (QED) is 0.727. The standard InChI is InChI=1S/C13H28N2O2/c1-11(2)14-13(4,10-16)5-6-15-7-8-17-9-12(15)3/h11-12,14,16H,5-10H2,1-4H3. The molecule has 1 rings (SSSR count). The van der Waals surface area contributed by atoms with Crippen LogP contribution >= 0.6 is 0 Å². The SMILES string of the molecule is CC(C)NC(C)(CO)CCN1CCOCC1C. The molecular weight excluding hydrogens is 216 g/mol. The van der Waals surface area contributed by atoms with E-state index in [1.165, 1.54) is 0 Å². The molecule has 2 unspecified atom stereocenters. The lowest BCUT2D eigenvalue weighted by Crippen LogP contribution is -2.52. The number of aliphatic hydroxyl groups excluding tert-OH is 1. The van der Waals surface area contributed by atoms with Crippen LogP contribution in [0.2, 0.25) is 0 Å². The van der Waals surface area contributed by atoms with Crippen LogP contribution in [0.3, 0.4) is 0 Å². The Morgan fingerprint density at radius 3 is 2.76 bits per heavy atom. The molecule has 0 aromatic heterocycles. The first-order chi connectivity index (χ1) is 7.97. The predicted molar refractivity (Wildman–Crippen MR) is 70.2 cm³/mol. The van der Waals surface area contributed by atoms with Gasteiger partial charge in [0, 0.05) is 30.7 Å². The first kappa shape index (κ1) is 14.9. The second kappa shape index (κ2) is 6.69. The summed E-state index contributed by atoms with van der Waals surface area (Å²) in [5.74, 6) is 0. The summed E-state index contributed by atoms with van der Waals surface area (Å²) in [5, 5.41) is 13.0. The monoisotopic (exact) mass is 244 g/mol. The normalized spacial score (nSPS) is 26.1. The van der Waals surface area contributed by atoms with Gasteiger partial charge in [-0.15, -0.1) is 0 Å². The molecule has 2 atom stereocenters. The van der Waals surface area contributed by atoms with E-state index in [4.69, 9.17) is 4.74 Å². The summed E-state index contributed by atoms with van der Waals surface area (Å²) in [6, 6.07) is 0.889. The van der Waals surface area contributed by atoms with Crippen molar-refractivity contribution in [2.75, 3.05) is 32.9 Å². The van der Waals surface area contributed by atoms with Gasteiger partial charge in [-0.3, -0.25) is 4.90 Å². The fourth-order valence-electron chi connectivity index (χ4n) is 2.38. The van der Waals surface area contributed by atoms with Crippen molar-refractivity contribution in [1.29, 1.82) is 0 Å². The van der Waals surface area contributed by atoms with Gasteiger partial charge in [0.15, 0.2) is 0 Å². The molecule has 2 N–H and O–H groups in total. The van der Waals surface area contributed by atoms with Crippen molar-refractivity contribution >= 4 is 0 Å². The number of nitrogens with zero attached hydrogens (tertiary/aromatic N) is 1. The topological polar surface area (TPSA) is 44.7 Å². The van der Waals surface area contributed by atoms with Gasteiger partial charge in [-0.25, -0.2) is 0 Å². The molecular formula is C13H28N2O2. The van der Waals surface area contributed by atoms with Crippen molar-refractivity contribution in [3.05, 3.63) is 0 Å². The highest BCUT2D eigenvalue weighted by molar-refractivity contribution is 4.86. The van der Waals surface area contributed by atoms with Gasteiger partial charge in [-0.05, 0) is 20.3 Å².